The number of rotatable bonds is 5. The Morgan fingerprint density at radius 2 is 1.55 bits per heavy atom. The van der Waals surface area contributed by atoms with Crippen LogP contribution in [0.3, 0.4) is 0 Å². The fraction of sp³-hybridized carbons (Fsp3) is 0.200. The summed E-state index contributed by atoms with van der Waals surface area (Å²) in [4.78, 5) is 0. The van der Waals surface area contributed by atoms with Gasteiger partial charge in [0.1, 0.15) is 0 Å². The van der Waals surface area contributed by atoms with Crippen LogP contribution in [-0.4, -0.2) is 11.1 Å². The van der Waals surface area contributed by atoms with Crippen molar-refractivity contribution >= 4 is 10.8 Å². The first-order chi connectivity index (χ1) is 10.8. The van der Waals surface area contributed by atoms with E-state index in [1.54, 1.807) is 0 Å². The van der Waals surface area contributed by atoms with Crippen molar-refractivity contribution in [2.75, 3.05) is 0 Å². The Labute approximate surface area is 131 Å². The van der Waals surface area contributed by atoms with E-state index in [2.05, 4.69) is 47.8 Å². The van der Waals surface area contributed by atoms with E-state index in [0.717, 1.165) is 12.1 Å². The lowest BCUT2D eigenvalue weighted by Crippen LogP contribution is -2.31. The number of hydrogen-bond acceptors (Lipinski definition) is 2. The number of fused-ring (bicyclic) bond motifs is 1. The van der Waals surface area contributed by atoms with Crippen molar-refractivity contribution in [3.63, 3.8) is 0 Å². The van der Waals surface area contributed by atoms with Gasteiger partial charge in [0.25, 0.3) is 0 Å². The zero-order valence-corrected chi connectivity index (χ0v) is 12.7. The minimum Gasteiger partial charge on any atom is -0.387 e. The third-order valence-corrected chi connectivity index (χ3v) is 4.11. The zero-order chi connectivity index (χ0) is 15.4. The van der Waals surface area contributed by atoms with Gasteiger partial charge < -0.3 is 10.4 Å². The van der Waals surface area contributed by atoms with Crippen molar-refractivity contribution in [2.45, 2.75) is 25.6 Å². The Hall–Kier alpha value is -2.16. The maximum absolute atomic E-state index is 10.4. The molecule has 2 atom stereocenters. The molecule has 22 heavy (non-hydrogen) atoms. The average molecular weight is 291 g/mol. The topological polar surface area (TPSA) is 32.3 Å². The Morgan fingerprint density at radius 3 is 2.36 bits per heavy atom. The van der Waals surface area contributed by atoms with Crippen LogP contribution < -0.4 is 5.32 Å². The molecule has 0 saturated carbocycles. The smallest absolute Gasteiger partial charge is 0.0940 e. The largest absolute Gasteiger partial charge is 0.387 e. The molecule has 0 bridgehead atoms. The van der Waals surface area contributed by atoms with Gasteiger partial charge in [0.2, 0.25) is 0 Å². The monoisotopic (exact) mass is 291 g/mol. The lowest BCUT2D eigenvalue weighted by atomic mass is 10.0. The predicted molar refractivity (Wildman–Crippen MR) is 91.7 cm³/mol. The fourth-order valence-corrected chi connectivity index (χ4v) is 2.77. The van der Waals surface area contributed by atoms with Crippen molar-refractivity contribution < 1.29 is 5.11 Å². The van der Waals surface area contributed by atoms with E-state index >= 15 is 0 Å². The maximum Gasteiger partial charge on any atom is 0.0940 e. The highest BCUT2D eigenvalue weighted by molar-refractivity contribution is 5.85. The molecule has 0 spiro atoms. The lowest BCUT2D eigenvalue weighted by Gasteiger charge is -2.21. The molecule has 0 aliphatic carbocycles. The molecule has 0 saturated heterocycles. The molecule has 3 aromatic rings. The summed E-state index contributed by atoms with van der Waals surface area (Å²) in [6.07, 6.45) is -0.504. The standard InChI is InChI=1S/C20H21NO/c1-15(20(22)17-9-3-2-4-10-17)21-14-18-12-7-11-16-8-5-6-13-19(16)18/h2-13,15,20-22H,14H2,1H3/t15-,20-/m0/s1. The van der Waals surface area contributed by atoms with Crippen molar-refractivity contribution in [3.8, 4) is 0 Å². The van der Waals surface area contributed by atoms with E-state index in [4.69, 9.17) is 0 Å². The first kappa shape index (κ1) is 14.8. The highest BCUT2D eigenvalue weighted by Crippen LogP contribution is 2.20. The van der Waals surface area contributed by atoms with Crippen LogP contribution in [0.5, 0.6) is 0 Å². The molecule has 3 aromatic carbocycles. The second-order valence-corrected chi connectivity index (χ2v) is 5.66. The molecule has 2 N–H and O–H groups in total. The van der Waals surface area contributed by atoms with Crippen LogP contribution in [-0.2, 0) is 6.54 Å². The summed E-state index contributed by atoms with van der Waals surface area (Å²) in [7, 11) is 0. The SMILES string of the molecule is C[C@H](NCc1cccc2ccccc12)[C@H](O)c1ccccc1. The molecule has 0 aromatic heterocycles. The van der Waals surface area contributed by atoms with Crippen LogP contribution in [0.25, 0.3) is 10.8 Å². The molecule has 0 heterocycles. The molecule has 2 nitrogen and oxygen atoms in total. The van der Waals surface area contributed by atoms with Crippen LogP contribution >= 0.6 is 0 Å². The number of benzene rings is 3. The summed E-state index contributed by atoms with van der Waals surface area (Å²) < 4.78 is 0. The first-order valence-electron chi connectivity index (χ1n) is 7.69. The predicted octanol–water partition coefficient (Wildman–Crippen LogP) is 4.05. The Balaban J connectivity index is 1.71. The van der Waals surface area contributed by atoms with Crippen LogP contribution in [0.4, 0.5) is 0 Å². The average Bonchev–Trinajstić information content (AvgIpc) is 2.59. The molecule has 0 aliphatic rings. The van der Waals surface area contributed by atoms with Gasteiger partial charge in [-0.25, -0.2) is 0 Å². The van der Waals surface area contributed by atoms with Gasteiger partial charge in [0, 0.05) is 12.6 Å². The van der Waals surface area contributed by atoms with Gasteiger partial charge >= 0.3 is 0 Å². The molecule has 0 unspecified atom stereocenters. The Morgan fingerprint density at radius 1 is 0.864 bits per heavy atom. The van der Waals surface area contributed by atoms with Gasteiger partial charge in [-0.3, -0.25) is 0 Å². The number of nitrogens with one attached hydrogen (secondary N) is 1. The van der Waals surface area contributed by atoms with Crippen molar-refractivity contribution in [1.29, 1.82) is 0 Å². The van der Waals surface area contributed by atoms with Gasteiger partial charge in [0.05, 0.1) is 6.10 Å². The minimum atomic E-state index is -0.504. The highest BCUT2D eigenvalue weighted by atomic mass is 16.3. The second kappa shape index (κ2) is 6.73. The molecule has 3 rings (SSSR count). The molecule has 0 radical (unpaired) electrons. The van der Waals surface area contributed by atoms with E-state index in [1.807, 2.05) is 37.3 Å². The van der Waals surface area contributed by atoms with Crippen LogP contribution in [0, 0.1) is 0 Å². The highest BCUT2D eigenvalue weighted by Gasteiger charge is 2.15. The molecular weight excluding hydrogens is 270 g/mol. The third-order valence-electron chi connectivity index (χ3n) is 4.11. The summed E-state index contributed by atoms with van der Waals surface area (Å²) in [5.41, 5.74) is 2.20. The summed E-state index contributed by atoms with van der Waals surface area (Å²) in [6.45, 7) is 2.76. The van der Waals surface area contributed by atoms with Crippen molar-refractivity contribution in [1.82, 2.24) is 5.32 Å². The van der Waals surface area contributed by atoms with E-state index in [9.17, 15) is 5.11 Å². The minimum absolute atomic E-state index is 0.0126. The molecule has 0 amide bonds. The maximum atomic E-state index is 10.4. The summed E-state index contributed by atoms with van der Waals surface area (Å²) in [6, 6.07) is 24.5. The van der Waals surface area contributed by atoms with Gasteiger partial charge in [-0.2, -0.15) is 0 Å². The lowest BCUT2D eigenvalue weighted by molar-refractivity contribution is 0.135. The normalized spacial score (nSPS) is 13.9. The van der Waals surface area contributed by atoms with Crippen LogP contribution in [0.2, 0.25) is 0 Å². The van der Waals surface area contributed by atoms with E-state index in [0.29, 0.717) is 0 Å². The fourth-order valence-electron chi connectivity index (χ4n) is 2.77. The number of aliphatic hydroxyl groups excluding tert-OH is 1. The summed E-state index contributed by atoms with van der Waals surface area (Å²) in [5, 5.41) is 16.4. The van der Waals surface area contributed by atoms with E-state index in [1.165, 1.54) is 16.3 Å². The van der Waals surface area contributed by atoms with Gasteiger partial charge in [0.15, 0.2) is 0 Å². The van der Waals surface area contributed by atoms with Gasteiger partial charge in [-0.1, -0.05) is 72.8 Å². The first-order valence-corrected chi connectivity index (χ1v) is 7.69. The quantitative estimate of drug-likeness (QED) is 0.743. The molecule has 0 fully saturated rings. The molecule has 112 valence electrons. The van der Waals surface area contributed by atoms with E-state index in [-0.39, 0.29) is 6.04 Å². The summed E-state index contributed by atoms with van der Waals surface area (Å²) >= 11 is 0. The molecular formula is C20H21NO. The summed E-state index contributed by atoms with van der Waals surface area (Å²) in [5.74, 6) is 0. The third kappa shape index (κ3) is 3.19. The Bertz CT molecular complexity index is 734. The number of hydrogen-bond donors (Lipinski definition) is 2. The van der Waals surface area contributed by atoms with Crippen molar-refractivity contribution in [3.05, 3.63) is 83.9 Å². The van der Waals surface area contributed by atoms with E-state index < -0.39 is 6.10 Å². The Kier molecular flexibility index (Phi) is 4.52. The van der Waals surface area contributed by atoms with Gasteiger partial charge in [-0.05, 0) is 28.8 Å². The number of aliphatic hydroxyl groups is 1. The van der Waals surface area contributed by atoms with Gasteiger partial charge in [-0.15, -0.1) is 0 Å². The molecule has 0 aliphatic heterocycles. The van der Waals surface area contributed by atoms with Crippen LogP contribution in [0.15, 0.2) is 72.8 Å². The molecule has 2 heteroatoms. The van der Waals surface area contributed by atoms with Crippen molar-refractivity contribution in [2.24, 2.45) is 0 Å². The second-order valence-electron chi connectivity index (χ2n) is 5.66. The zero-order valence-electron chi connectivity index (χ0n) is 12.7. The van der Waals surface area contributed by atoms with Crippen LogP contribution in [0.1, 0.15) is 24.2 Å².